The number of thiophene rings is 1. The van der Waals surface area contributed by atoms with Gasteiger partial charge < -0.3 is 25.2 Å². The van der Waals surface area contributed by atoms with Crippen LogP contribution in [0.4, 0.5) is 24.0 Å². The number of benzene rings is 2. The van der Waals surface area contributed by atoms with Gasteiger partial charge in [0.1, 0.15) is 41.0 Å². The third-order valence-electron chi connectivity index (χ3n) is 11.6. The molecule has 6 aliphatic rings. The summed E-state index contributed by atoms with van der Waals surface area (Å²) in [7, 11) is 0. The SMILES string of the molecule is CC(O)CCN1CC2CC(C1)N2c1nc(OC[C@@]23CCCN2CC(F)C3)nc2c(F)c(-c3c(F)ccc4sc(N)c(C#N)c34)c3c(c12)COC3. The molecule has 50 heavy (non-hydrogen) atoms. The Morgan fingerprint density at radius 3 is 2.74 bits per heavy atom. The molecule has 10 nitrogen and oxygen atoms in total. The molecule has 0 radical (unpaired) electrons. The molecule has 262 valence electrons. The molecule has 2 bridgehead atoms. The topological polar surface area (TPSA) is 124 Å². The summed E-state index contributed by atoms with van der Waals surface area (Å²) >= 11 is 1.16. The lowest BCUT2D eigenvalue weighted by Gasteiger charge is -2.57. The molecule has 2 aromatic heterocycles. The minimum Gasteiger partial charge on any atom is -0.461 e. The number of piperidine rings is 1. The standard InChI is InChI=1S/C36H38F3N7O3S/c1-18(47)5-8-44-13-20-9-21(14-44)46(20)34-29-24-16-48-15-23(24)28(30-25(38)3-4-26-27(30)22(11-40)33(41)50-26)31(39)32(29)42-35(43-34)49-17-36-6-2-7-45(36)12-19(37)10-36/h3-4,18-21,47H,2,5-10,12-17,41H2,1H3/t18?,19?,20?,21?,36-/m0/s1. The molecule has 0 saturated carbocycles. The zero-order valence-corrected chi connectivity index (χ0v) is 28.5. The van der Waals surface area contributed by atoms with Gasteiger partial charge in [-0.3, -0.25) is 9.80 Å². The Labute approximate surface area is 291 Å². The van der Waals surface area contributed by atoms with Crippen LogP contribution < -0.4 is 15.4 Å². The maximum Gasteiger partial charge on any atom is 0.319 e. The van der Waals surface area contributed by atoms with Gasteiger partial charge in [0.2, 0.25) is 0 Å². The van der Waals surface area contributed by atoms with Gasteiger partial charge in [-0.15, -0.1) is 11.3 Å². The van der Waals surface area contributed by atoms with E-state index in [0.29, 0.717) is 46.4 Å². The molecule has 5 saturated heterocycles. The molecule has 4 aromatic rings. The Morgan fingerprint density at radius 1 is 1.16 bits per heavy atom. The largest absolute Gasteiger partial charge is 0.461 e. The predicted molar refractivity (Wildman–Crippen MR) is 184 cm³/mol. The number of nitrogens with zero attached hydrogens (tertiary/aromatic N) is 6. The van der Waals surface area contributed by atoms with E-state index in [-0.39, 0.29) is 76.6 Å². The van der Waals surface area contributed by atoms with E-state index in [1.54, 1.807) is 13.0 Å². The number of fused-ring (bicyclic) bond motifs is 7. The van der Waals surface area contributed by atoms with Gasteiger partial charge in [0.05, 0.1) is 35.8 Å². The average Bonchev–Trinajstić information content (AvgIpc) is 3.86. The predicted octanol–water partition coefficient (Wildman–Crippen LogP) is 5.26. The highest BCUT2D eigenvalue weighted by molar-refractivity contribution is 7.23. The van der Waals surface area contributed by atoms with Crippen molar-refractivity contribution in [3.05, 3.63) is 40.5 Å². The third-order valence-corrected chi connectivity index (χ3v) is 12.5. The Bertz CT molecular complexity index is 2080. The first-order chi connectivity index (χ1) is 24.2. The molecule has 0 spiro atoms. The minimum atomic E-state index is -0.936. The highest BCUT2D eigenvalue weighted by Crippen LogP contribution is 2.50. The molecule has 5 atom stereocenters. The summed E-state index contributed by atoms with van der Waals surface area (Å²) in [6.45, 7) is 5.66. The normalized spacial score (nSPS) is 26.7. The number of hydrogen-bond acceptors (Lipinski definition) is 11. The number of ether oxygens (including phenoxy) is 2. The smallest absolute Gasteiger partial charge is 0.319 e. The van der Waals surface area contributed by atoms with Crippen LogP contribution in [0.25, 0.3) is 32.1 Å². The average molecular weight is 706 g/mol. The van der Waals surface area contributed by atoms with E-state index in [0.717, 1.165) is 56.8 Å². The van der Waals surface area contributed by atoms with Crippen molar-refractivity contribution in [3.8, 4) is 23.2 Å². The molecule has 8 heterocycles. The van der Waals surface area contributed by atoms with E-state index >= 15 is 8.78 Å². The van der Waals surface area contributed by atoms with Crippen molar-refractivity contribution in [2.45, 2.75) is 82.1 Å². The lowest BCUT2D eigenvalue weighted by molar-refractivity contribution is 0.0915. The second-order valence-electron chi connectivity index (χ2n) is 14.7. The van der Waals surface area contributed by atoms with Crippen molar-refractivity contribution in [2.75, 3.05) is 50.0 Å². The summed E-state index contributed by atoms with van der Waals surface area (Å²) in [4.78, 5) is 16.4. The van der Waals surface area contributed by atoms with E-state index in [1.165, 1.54) is 6.07 Å². The highest BCUT2D eigenvalue weighted by Gasteiger charge is 2.50. The first-order valence-electron chi connectivity index (χ1n) is 17.4. The van der Waals surface area contributed by atoms with Crippen LogP contribution in [0.5, 0.6) is 6.01 Å². The van der Waals surface area contributed by atoms with E-state index in [2.05, 4.69) is 20.8 Å². The molecule has 5 fully saturated rings. The van der Waals surface area contributed by atoms with E-state index in [4.69, 9.17) is 25.2 Å². The van der Waals surface area contributed by atoms with Crippen molar-refractivity contribution >= 4 is 43.1 Å². The summed E-state index contributed by atoms with van der Waals surface area (Å²) in [6.07, 6.45) is 2.41. The van der Waals surface area contributed by atoms with E-state index in [1.807, 2.05) is 0 Å². The van der Waals surface area contributed by atoms with Crippen LogP contribution in [-0.2, 0) is 18.0 Å². The van der Waals surface area contributed by atoms with Crippen molar-refractivity contribution < 1.29 is 27.8 Å². The third kappa shape index (κ3) is 4.88. The Morgan fingerprint density at radius 2 is 1.96 bits per heavy atom. The Kier molecular flexibility index (Phi) is 7.67. The second-order valence-corrected chi connectivity index (χ2v) is 15.7. The van der Waals surface area contributed by atoms with Gasteiger partial charge in [-0.2, -0.15) is 15.2 Å². The lowest BCUT2D eigenvalue weighted by atomic mass is 9.85. The van der Waals surface area contributed by atoms with Gasteiger partial charge in [-0.05, 0) is 62.4 Å². The summed E-state index contributed by atoms with van der Waals surface area (Å²) in [5.41, 5.74) is 6.97. The molecule has 10 rings (SSSR count). The number of nitrogens with two attached hydrogens (primary N) is 1. The number of anilines is 2. The highest BCUT2D eigenvalue weighted by atomic mass is 32.1. The van der Waals surface area contributed by atoms with Crippen LogP contribution in [0.15, 0.2) is 12.1 Å². The number of aromatic nitrogens is 2. The van der Waals surface area contributed by atoms with Gasteiger partial charge in [-0.1, -0.05) is 0 Å². The number of nitrogen functional groups attached to an aromatic ring is 1. The first-order valence-corrected chi connectivity index (χ1v) is 18.2. The van der Waals surface area contributed by atoms with Gasteiger partial charge in [0.25, 0.3) is 0 Å². The molecule has 3 N–H and O–H groups in total. The molecule has 0 amide bonds. The number of halogens is 3. The van der Waals surface area contributed by atoms with Gasteiger partial charge in [0, 0.05) is 65.9 Å². The van der Waals surface area contributed by atoms with Crippen LogP contribution in [0.3, 0.4) is 0 Å². The number of aliphatic hydroxyl groups excluding tert-OH is 1. The van der Waals surface area contributed by atoms with Crippen molar-refractivity contribution in [2.24, 2.45) is 0 Å². The van der Waals surface area contributed by atoms with Crippen LogP contribution in [-0.4, -0.2) is 94.1 Å². The van der Waals surface area contributed by atoms with Crippen LogP contribution >= 0.6 is 11.3 Å². The molecule has 6 aliphatic heterocycles. The maximum absolute atomic E-state index is 17.5. The fourth-order valence-electron chi connectivity index (χ4n) is 9.29. The molecular weight excluding hydrogens is 668 g/mol. The van der Waals surface area contributed by atoms with Crippen molar-refractivity contribution in [3.63, 3.8) is 0 Å². The van der Waals surface area contributed by atoms with Crippen LogP contribution in [0.2, 0.25) is 0 Å². The zero-order valence-electron chi connectivity index (χ0n) is 27.7. The van der Waals surface area contributed by atoms with Gasteiger partial charge in [-0.25, -0.2) is 13.2 Å². The number of rotatable bonds is 8. The molecule has 14 heteroatoms. The fraction of sp³-hybridized carbons (Fsp3) is 0.528. The van der Waals surface area contributed by atoms with E-state index in [9.17, 15) is 14.8 Å². The first kappa shape index (κ1) is 32.2. The number of piperazine rings is 1. The van der Waals surface area contributed by atoms with Crippen molar-refractivity contribution in [1.29, 1.82) is 5.26 Å². The zero-order chi connectivity index (χ0) is 34.5. The quantitative estimate of drug-likeness (QED) is 0.251. The van der Waals surface area contributed by atoms with Gasteiger partial charge in [0.15, 0.2) is 5.82 Å². The second kappa shape index (κ2) is 11.9. The van der Waals surface area contributed by atoms with Crippen molar-refractivity contribution in [1.82, 2.24) is 19.8 Å². The molecular formula is C36H38F3N7O3S. The Hall–Kier alpha value is -3.74. The van der Waals surface area contributed by atoms with E-state index < -0.39 is 23.3 Å². The Balaban J connectivity index is 1.21. The number of nitriles is 1. The maximum atomic E-state index is 17.5. The number of alkyl halides is 1. The summed E-state index contributed by atoms with van der Waals surface area (Å²) in [6, 6.07) is 5.14. The fourth-order valence-corrected chi connectivity index (χ4v) is 10.2. The summed E-state index contributed by atoms with van der Waals surface area (Å²) in [5, 5.41) is 20.9. The monoisotopic (exact) mass is 705 g/mol. The molecule has 0 aliphatic carbocycles. The summed E-state index contributed by atoms with van der Waals surface area (Å²) in [5.74, 6) is -0.866. The summed E-state index contributed by atoms with van der Waals surface area (Å²) < 4.78 is 61.0. The van der Waals surface area contributed by atoms with Crippen LogP contribution in [0.1, 0.15) is 55.7 Å². The minimum absolute atomic E-state index is 0.00253. The number of aliphatic hydroxyl groups is 1. The van der Waals surface area contributed by atoms with Gasteiger partial charge >= 0.3 is 6.01 Å². The molecule has 2 aromatic carbocycles. The lowest BCUT2D eigenvalue weighted by Crippen LogP contribution is -2.69. The molecule has 4 unspecified atom stereocenters. The van der Waals surface area contributed by atoms with Crippen LogP contribution in [0, 0.1) is 23.0 Å². The number of hydrogen-bond donors (Lipinski definition) is 2.